The van der Waals surface area contributed by atoms with Crippen molar-refractivity contribution in [2.24, 2.45) is 0 Å². The largest absolute Gasteiger partial charge is 0.469 e. The fourth-order valence-corrected chi connectivity index (χ4v) is 4.27. The molecule has 37 heavy (non-hydrogen) atoms. The number of rotatable bonds is 8. The number of aromatic nitrogens is 1. The average Bonchev–Trinajstić information content (AvgIpc) is 3.27. The van der Waals surface area contributed by atoms with E-state index < -0.39 is 6.09 Å². The molecule has 190 valence electrons. The minimum atomic E-state index is -0.577. The number of methoxy groups -OCH3 is 1. The van der Waals surface area contributed by atoms with Crippen molar-refractivity contribution in [3.05, 3.63) is 100 Å². The average molecular weight is 519 g/mol. The molecule has 0 unspecified atom stereocenters. The van der Waals surface area contributed by atoms with Crippen molar-refractivity contribution in [3.63, 3.8) is 0 Å². The molecule has 1 aromatic heterocycles. The molecule has 0 aliphatic carbocycles. The number of hydrogen-bond acceptors (Lipinski definition) is 6. The molecule has 0 N–H and O–H groups in total. The zero-order chi connectivity index (χ0) is 26.4. The summed E-state index contributed by atoms with van der Waals surface area (Å²) in [5, 5.41) is 4.53. The van der Waals surface area contributed by atoms with Crippen LogP contribution in [0.25, 0.3) is 11.3 Å². The molecule has 0 atom stereocenters. The van der Waals surface area contributed by atoms with E-state index in [0.717, 1.165) is 22.3 Å². The molecule has 0 saturated carbocycles. The maximum Gasteiger partial charge on any atom is 0.419 e. The molecule has 7 nitrogen and oxygen atoms in total. The number of para-hydroxylation sites is 1. The number of aryl methyl sites for hydroxylation is 1. The summed E-state index contributed by atoms with van der Waals surface area (Å²) in [6.45, 7) is 3.71. The van der Waals surface area contributed by atoms with Crippen LogP contribution in [0.2, 0.25) is 5.02 Å². The Hall–Kier alpha value is -4.10. The Labute approximate surface area is 220 Å². The molecule has 0 aliphatic heterocycles. The highest BCUT2D eigenvalue weighted by atomic mass is 35.5. The first-order valence-corrected chi connectivity index (χ1v) is 12.2. The van der Waals surface area contributed by atoms with Crippen LogP contribution in [-0.2, 0) is 27.1 Å². The molecule has 4 rings (SSSR count). The first-order valence-electron chi connectivity index (χ1n) is 11.8. The smallest absolute Gasteiger partial charge is 0.419 e. The van der Waals surface area contributed by atoms with Gasteiger partial charge >= 0.3 is 12.1 Å². The van der Waals surface area contributed by atoms with Crippen LogP contribution in [0.5, 0.6) is 0 Å². The molecular formula is C29H27ClN2O5. The number of carbonyl (C=O) groups excluding carboxylic acids is 2. The molecule has 4 aromatic rings. The highest BCUT2D eigenvalue weighted by Crippen LogP contribution is 2.41. The Kier molecular flexibility index (Phi) is 8.25. The summed E-state index contributed by atoms with van der Waals surface area (Å²) in [5.74, 6) is 0.158. The van der Waals surface area contributed by atoms with Gasteiger partial charge in [-0.05, 0) is 49.1 Å². The molecule has 1 amide bonds. The Balaban J connectivity index is 1.64. The van der Waals surface area contributed by atoms with Gasteiger partial charge in [0.25, 0.3) is 0 Å². The number of hydrogen-bond donors (Lipinski definition) is 0. The predicted molar refractivity (Wildman–Crippen MR) is 142 cm³/mol. The lowest BCUT2D eigenvalue weighted by Crippen LogP contribution is -2.27. The van der Waals surface area contributed by atoms with E-state index in [2.05, 4.69) is 5.16 Å². The van der Waals surface area contributed by atoms with E-state index in [9.17, 15) is 9.59 Å². The highest BCUT2D eigenvalue weighted by molar-refractivity contribution is 6.34. The molecular weight excluding hydrogens is 492 g/mol. The number of halogens is 1. The van der Waals surface area contributed by atoms with E-state index in [-0.39, 0.29) is 19.0 Å². The van der Waals surface area contributed by atoms with Gasteiger partial charge in [0.15, 0.2) is 5.76 Å². The van der Waals surface area contributed by atoms with Gasteiger partial charge in [0.05, 0.1) is 30.8 Å². The predicted octanol–water partition coefficient (Wildman–Crippen LogP) is 6.90. The fourth-order valence-electron chi connectivity index (χ4n) is 4.05. The lowest BCUT2D eigenvalue weighted by molar-refractivity contribution is -0.139. The van der Waals surface area contributed by atoms with Gasteiger partial charge in [0.1, 0.15) is 11.4 Å². The summed E-state index contributed by atoms with van der Waals surface area (Å²) in [6.07, 6.45) is 0.345. The second kappa shape index (κ2) is 11.8. The number of benzene rings is 3. The summed E-state index contributed by atoms with van der Waals surface area (Å²) in [6, 6.07) is 22.7. The molecule has 0 radical (unpaired) electrons. The second-order valence-corrected chi connectivity index (χ2v) is 8.79. The third kappa shape index (κ3) is 6.01. The third-order valence-electron chi connectivity index (χ3n) is 5.79. The van der Waals surface area contributed by atoms with Crippen molar-refractivity contribution < 1.29 is 23.6 Å². The zero-order valence-electron chi connectivity index (χ0n) is 20.9. The van der Waals surface area contributed by atoms with Gasteiger partial charge < -0.3 is 14.0 Å². The first-order chi connectivity index (χ1) is 17.9. The highest BCUT2D eigenvalue weighted by Gasteiger charge is 2.29. The van der Waals surface area contributed by atoms with E-state index in [4.69, 9.17) is 25.6 Å². The lowest BCUT2D eigenvalue weighted by Gasteiger charge is -2.23. The minimum absolute atomic E-state index is 0.203. The van der Waals surface area contributed by atoms with Crippen LogP contribution in [0.4, 0.5) is 16.2 Å². The van der Waals surface area contributed by atoms with E-state index in [1.807, 2.05) is 48.5 Å². The Morgan fingerprint density at radius 3 is 2.41 bits per heavy atom. The number of anilines is 2. The van der Waals surface area contributed by atoms with Crippen LogP contribution in [0, 0.1) is 6.92 Å². The fraction of sp³-hybridized carbons (Fsp3) is 0.207. The van der Waals surface area contributed by atoms with Crippen molar-refractivity contribution in [1.29, 1.82) is 0 Å². The third-order valence-corrected chi connectivity index (χ3v) is 6.11. The molecule has 3 aromatic carbocycles. The standard InChI is InChI=1S/C29H27ClN2O5/c1-4-36-29(34)32(25-11-6-5-10-24(25)30)27-19(2)31-37-28(27)23-14-12-20(13-15-23)16-21-8-7-9-22(17-21)18-26(33)35-3/h5-15,17H,4,16,18H2,1-3H3. The van der Waals surface area contributed by atoms with Crippen molar-refractivity contribution in [2.45, 2.75) is 26.7 Å². The van der Waals surface area contributed by atoms with Gasteiger partial charge in [-0.3, -0.25) is 4.79 Å². The van der Waals surface area contributed by atoms with Crippen molar-refractivity contribution in [3.8, 4) is 11.3 Å². The van der Waals surface area contributed by atoms with E-state index in [0.29, 0.717) is 34.3 Å². The summed E-state index contributed by atoms with van der Waals surface area (Å²) in [7, 11) is 1.38. The quantitative estimate of drug-likeness (QED) is 0.236. The number of nitrogens with zero attached hydrogens (tertiary/aromatic N) is 2. The van der Waals surface area contributed by atoms with Gasteiger partial charge in [-0.25, -0.2) is 9.69 Å². The van der Waals surface area contributed by atoms with Crippen molar-refractivity contribution in [1.82, 2.24) is 5.16 Å². The van der Waals surface area contributed by atoms with E-state index >= 15 is 0 Å². The maximum absolute atomic E-state index is 13.0. The van der Waals surface area contributed by atoms with Gasteiger partial charge in [-0.1, -0.05) is 77.4 Å². The summed E-state index contributed by atoms with van der Waals surface area (Å²) >= 11 is 6.45. The van der Waals surface area contributed by atoms with Crippen LogP contribution in [0.15, 0.2) is 77.3 Å². The molecule has 8 heteroatoms. The SMILES string of the molecule is CCOC(=O)N(c1ccccc1Cl)c1c(C)noc1-c1ccc(Cc2cccc(CC(=O)OC)c2)cc1. The molecule has 0 fully saturated rings. The van der Waals surface area contributed by atoms with Gasteiger partial charge in [0, 0.05) is 5.56 Å². The van der Waals surface area contributed by atoms with Crippen LogP contribution in [-0.4, -0.2) is 30.9 Å². The van der Waals surface area contributed by atoms with E-state index in [1.54, 1.807) is 38.1 Å². The Morgan fingerprint density at radius 2 is 1.70 bits per heavy atom. The molecule has 0 bridgehead atoms. The maximum atomic E-state index is 13.0. The normalized spacial score (nSPS) is 10.7. The van der Waals surface area contributed by atoms with Crippen molar-refractivity contribution in [2.75, 3.05) is 18.6 Å². The molecule has 0 saturated heterocycles. The van der Waals surface area contributed by atoms with Crippen LogP contribution < -0.4 is 4.90 Å². The van der Waals surface area contributed by atoms with Gasteiger partial charge in [-0.15, -0.1) is 0 Å². The van der Waals surface area contributed by atoms with Crippen LogP contribution in [0.3, 0.4) is 0 Å². The van der Waals surface area contributed by atoms with Crippen LogP contribution in [0.1, 0.15) is 29.3 Å². The number of ether oxygens (including phenoxy) is 2. The summed E-state index contributed by atoms with van der Waals surface area (Å²) in [5.41, 5.74) is 5.27. The minimum Gasteiger partial charge on any atom is -0.469 e. The van der Waals surface area contributed by atoms with E-state index in [1.165, 1.54) is 12.0 Å². The first kappa shape index (κ1) is 26.0. The number of esters is 1. The second-order valence-electron chi connectivity index (χ2n) is 8.38. The van der Waals surface area contributed by atoms with Gasteiger partial charge in [0.2, 0.25) is 0 Å². The Bertz CT molecular complexity index is 1400. The number of carbonyl (C=O) groups is 2. The summed E-state index contributed by atoms with van der Waals surface area (Å²) < 4.78 is 15.8. The molecule has 1 heterocycles. The zero-order valence-corrected chi connectivity index (χ0v) is 21.6. The molecule has 0 aliphatic rings. The lowest BCUT2D eigenvalue weighted by atomic mass is 10.00. The van der Waals surface area contributed by atoms with Crippen molar-refractivity contribution >= 4 is 35.0 Å². The summed E-state index contributed by atoms with van der Waals surface area (Å²) in [4.78, 5) is 26.1. The van der Waals surface area contributed by atoms with Crippen LogP contribution >= 0.6 is 11.6 Å². The monoisotopic (exact) mass is 518 g/mol. The number of amides is 1. The van der Waals surface area contributed by atoms with Gasteiger partial charge in [-0.2, -0.15) is 0 Å². The Morgan fingerprint density at radius 1 is 0.973 bits per heavy atom. The topological polar surface area (TPSA) is 81.9 Å². The molecule has 0 spiro atoms.